The van der Waals surface area contributed by atoms with Crippen molar-refractivity contribution in [3.63, 3.8) is 0 Å². The maximum Gasteiger partial charge on any atom is 0.269 e. The molecule has 0 bridgehead atoms. The lowest BCUT2D eigenvalue weighted by molar-refractivity contribution is -0.384. The van der Waals surface area contributed by atoms with Gasteiger partial charge >= 0.3 is 0 Å². The summed E-state index contributed by atoms with van der Waals surface area (Å²) >= 11 is 0. The molecule has 4 heteroatoms. The smallest absolute Gasteiger partial charge is 0.269 e. The number of nitrogens with zero attached hydrogens (tertiary/aromatic N) is 2. The van der Waals surface area contributed by atoms with Crippen LogP contribution in [0.1, 0.15) is 18.1 Å². The summed E-state index contributed by atoms with van der Waals surface area (Å²) < 4.78 is 0. The molecule has 1 aliphatic carbocycles. The average Bonchev–Trinajstić information content (AvgIpc) is 2.70. The largest absolute Gasteiger partial charge is 0.303 e. The fraction of sp³-hybridized carbons (Fsp3) is 0.500. The lowest BCUT2D eigenvalue weighted by atomic mass is 10.1. The van der Waals surface area contributed by atoms with Crippen molar-refractivity contribution in [3.8, 4) is 0 Å². The number of hydrogen-bond acceptors (Lipinski definition) is 3. The van der Waals surface area contributed by atoms with E-state index in [1.54, 1.807) is 12.1 Å². The van der Waals surface area contributed by atoms with Gasteiger partial charge in [0.15, 0.2) is 0 Å². The Kier molecular flexibility index (Phi) is 2.92. The Hall–Kier alpha value is -1.42. The van der Waals surface area contributed by atoms with Gasteiger partial charge < -0.3 is 4.90 Å². The molecule has 1 aromatic carbocycles. The van der Waals surface area contributed by atoms with Gasteiger partial charge in [-0.25, -0.2) is 0 Å². The molecule has 0 heterocycles. The molecule has 0 saturated carbocycles. The maximum atomic E-state index is 10.7. The third-order valence-electron chi connectivity index (χ3n) is 3.43. The summed E-state index contributed by atoms with van der Waals surface area (Å²) in [4.78, 5) is 12.6. The molecule has 1 aliphatic rings. The summed E-state index contributed by atoms with van der Waals surface area (Å²) in [7, 11) is 2.10. The highest BCUT2D eigenvalue weighted by Crippen LogP contribution is 2.28. The minimum Gasteiger partial charge on any atom is -0.303 e. The number of nitro groups is 1. The highest BCUT2D eigenvalue weighted by atomic mass is 16.6. The molecule has 0 saturated heterocycles. The molecule has 0 amide bonds. The van der Waals surface area contributed by atoms with Crippen LogP contribution in [0, 0.1) is 10.1 Å². The van der Waals surface area contributed by atoms with Gasteiger partial charge in [-0.3, -0.25) is 10.1 Å². The Morgan fingerprint density at radius 1 is 1.44 bits per heavy atom. The fourth-order valence-electron chi connectivity index (χ4n) is 2.26. The van der Waals surface area contributed by atoms with Crippen LogP contribution in [0.15, 0.2) is 18.2 Å². The lowest BCUT2D eigenvalue weighted by Gasteiger charge is -2.21. The lowest BCUT2D eigenvalue weighted by Crippen LogP contribution is -2.31. The van der Waals surface area contributed by atoms with Crippen LogP contribution < -0.4 is 0 Å². The quantitative estimate of drug-likeness (QED) is 0.578. The monoisotopic (exact) mass is 220 g/mol. The number of hydrogen-bond donors (Lipinski definition) is 0. The molecule has 1 aromatic rings. The van der Waals surface area contributed by atoms with E-state index in [4.69, 9.17) is 0 Å². The molecule has 0 spiro atoms. The zero-order valence-electron chi connectivity index (χ0n) is 9.64. The first-order valence-corrected chi connectivity index (χ1v) is 5.58. The van der Waals surface area contributed by atoms with Gasteiger partial charge in [0.2, 0.25) is 0 Å². The first-order chi connectivity index (χ1) is 7.61. The topological polar surface area (TPSA) is 46.4 Å². The van der Waals surface area contributed by atoms with E-state index < -0.39 is 0 Å². The van der Waals surface area contributed by atoms with E-state index in [1.807, 2.05) is 6.07 Å². The summed E-state index contributed by atoms with van der Waals surface area (Å²) in [6, 6.07) is 5.73. The van der Waals surface area contributed by atoms with Crippen molar-refractivity contribution in [2.45, 2.75) is 25.8 Å². The van der Waals surface area contributed by atoms with Crippen molar-refractivity contribution in [3.05, 3.63) is 39.4 Å². The van der Waals surface area contributed by atoms with Gasteiger partial charge in [0.05, 0.1) is 4.92 Å². The molecule has 0 aromatic heterocycles. The van der Waals surface area contributed by atoms with E-state index in [2.05, 4.69) is 18.9 Å². The Bertz CT molecular complexity index is 417. The Morgan fingerprint density at radius 3 is 2.75 bits per heavy atom. The van der Waals surface area contributed by atoms with Gasteiger partial charge in [0.25, 0.3) is 5.69 Å². The molecule has 0 aliphatic heterocycles. The number of non-ortho nitro benzene ring substituents is 1. The molecule has 4 nitrogen and oxygen atoms in total. The first kappa shape index (κ1) is 11.1. The molecule has 2 rings (SSSR count). The molecule has 0 N–H and O–H groups in total. The minimum absolute atomic E-state index is 0.207. The van der Waals surface area contributed by atoms with Gasteiger partial charge in [-0.1, -0.05) is 13.0 Å². The molecule has 0 radical (unpaired) electrons. The molecule has 1 atom stereocenters. The normalized spacial score (nSPS) is 18.8. The van der Waals surface area contributed by atoms with E-state index in [0.717, 1.165) is 24.9 Å². The van der Waals surface area contributed by atoms with Crippen LogP contribution in [-0.2, 0) is 12.8 Å². The zero-order valence-corrected chi connectivity index (χ0v) is 9.64. The van der Waals surface area contributed by atoms with Gasteiger partial charge in [-0.2, -0.15) is 0 Å². The van der Waals surface area contributed by atoms with E-state index in [9.17, 15) is 10.1 Å². The van der Waals surface area contributed by atoms with Crippen molar-refractivity contribution < 1.29 is 4.92 Å². The molecule has 0 fully saturated rings. The Labute approximate surface area is 95.0 Å². The summed E-state index contributed by atoms with van der Waals surface area (Å²) in [5.74, 6) is 0. The second-order valence-electron chi connectivity index (χ2n) is 4.35. The standard InChI is InChI=1S/C12H16N2O2/c1-3-13(2)12-6-9-4-5-11(14(15)16)7-10(9)8-12/h4-5,7,12H,3,6,8H2,1-2H3. The Morgan fingerprint density at radius 2 is 2.12 bits per heavy atom. The van der Waals surface area contributed by atoms with Gasteiger partial charge in [-0.15, -0.1) is 0 Å². The summed E-state index contributed by atoms with van der Waals surface area (Å²) in [6.07, 6.45) is 1.94. The van der Waals surface area contributed by atoms with Crippen LogP contribution in [0.3, 0.4) is 0 Å². The van der Waals surface area contributed by atoms with Crippen molar-refractivity contribution in [2.24, 2.45) is 0 Å². The van der Waals surface area contributed by atoms with E-state index in [1.165, 1.54) is 5.56 Å². The SMILES string of the molecule is CCN(C)C1Cc2ccc([N+](=O)[O-])cc2C1. The first-order valence-electron chi connectivity index (χ1n) is 5.58. The maximum absolute atomic E-state index is 10.7. The van der Waals surface area contributed by atoms with Crippen LogP contribution >= 0.6 is 0 Å². The van der Waals surface area contributed by atoms with Crippen LogP contribution in [0.5, 0.6) is 0 Å². The highest BCUT2D eigenvalue weighted by Gasteiger charge is 2.25. The van der Waals surface area contributed by atoms with Crippen molar-refractivity contribution >= 4 is 5.69 Å². The number of likely N-dealkylation sites (N-methyl/N-ethyl adjacent to an activating group) is 1. The molecule has 1 unspecified atom stereocenters. The van der Waals surface area contributed by atoms with Crippen LogP contribution in [0.25, 0.3) is 0 Å². The predicted molar refractivity (Wildman–Crippen MR) is 62.6 cm³/mol. The molecular formula is C12H16N2O2. The molecule has 86 valence electrons. The average molecular weight is 220 g/mol. The molecule has 16 heavy (non-hydrogen) atoms. The van der Waals surface area contributed by atoms with Crippen LogP contribution in [-0.4, -0.2) is 29.5 Å². The summed E-state index contributed by atoms with van der Waals surface area (Å²) in [6.45, 7) is 3.15. The van der Waals surface area contributed by atoms with Crippen molar-refractivity contribution in [1.82, 2.24) is 4.90 Å². The molecular weight excluding hydrogens is 204 g/mol. The second-order valence-corrected chi connectivity index (χ2v) is 4.35. The van der Waals surface area contributed by atoms with E-state index in [0.29, 0.717) is 6.04 Å². The Balaban J connectivity index is 2.21. The third kappa shape index (κ3) is 1.93. The zero-order chi connectivity index (χ0) is 11.7. The third-order valence-corrected chi connectivity index (χ3v) is 3.43. The van der Waals surface area contributed by atoms with Crippen molar-refractivity contribution in [1.29, 1.82) is 0 Å². The van der Waals surface area contributed by atoms with Crippen LogP contribution in [0.4, 0.5) is 5.69 Å². The number of rotatable bonds is 3. The van der Waals surface area contributed by atoms with Crippen molar-refractivity contribution in [2.75, 3.05) is 13.6 Å². The summed E-state index contributed by atoms with van der Waals surface area (Å²) in [5, 5.41) is 10.7. The number of benzene rings is 1. The highest BCUT2D eigenvalue weighted by molar-refractivity contribution is 5.43. The second kappa shape index (κ2) is 4.22. The predicted octanol–water partition coefficient (Wildman–Crippen LogP) is 2.01. The number of fused-ring (bicyclic) bond motifs is 1. The van der Waals surface area contributed by atoms with Crippen LogP contribution in [0.2, 0.25) is 0 Å². The number of nitro benzene ring substituents is 1. The van der Waals surface area contributed by atoms with E-state index >= 15 is 0 Å². The fourth-order valence-corrected chi connectivity index (χ4v) is 2.26. The van der Waals surface area contributed by atoms with Gasteiger partial charge in [0.1, 0.15) is 0 Å². The minimum atomic E-state index is -0.322. The van der Waals surface area contributed by atoms with Gasteiger partial charge in [-0.05, 0) is 37.6 Å². The van der Waals surface area contributed by atoms with E-state index in [-0.39, 0.29) is 10.6 Å². The summed E-state index contributed by atoms with van der Waals surface area (Å²) in [5.41, 5.74) is 2.61. The van der Waals surface area contributed by atoms with Gasteiger partial charge in [0, 0.05) is 18.2 Å².